The molecule has 0 bridgehead atoms. The van der Waals surface area contributed by atoms with Gasteiger partial charge in [0.15, 0.2) is 11.5 Å². The third-order valence-electron chi connectivity index (χ3n) is 3.66. The summed E-state index contributed by atoms with van der Waals surface area (Å²) >= 11 is 0. The number of carboxylic acids is 1. The molecule has 0 aliphatic heterocycles. The number of carbonyl (C=O) groups excluding carboxylic acids is 1. The molecule has 0 spiro atoms. The van der Waals surface area contributed by atoms with E-state index in [0.717, 1.165) is 6.07 Å². The van der Waals surface area contributed by atoms with Crippen LogP contribution in [0, 0.1) is 10.1 Å². The van der Waals surface area contributed by atoms with E-state index in [1.165, 1.54) is 20.3 Å². The number of carbonyl (C=O) groups is 2. The Morgan fingerprint density at radius 1 is 1.26 bits per heavy atom. The minimum Gasteiger partial charge on any atom is -0.493 e. The number of hydrogen-bond acceptors (Lipinski definition) is 7. The molecule has 0 aliphatic carbocycles. The highest BCUT2D eigenvalue weighted by molar-refractivity contribution is 5.99. The van der Waals surface area contributed by atoms with Gasteiger partial charge in [-0.1, -0.05) is 13.3 Å². The van der Waals surface area contributed by atoms with Crippen molar-refractivity contribution in [2.45, 2.75) is 32.2 Å². The third kappa shape index (κ3) is 6.74. The Morgan fingerprint density at radius 3 is 2.48 bits per heavy atom. The number of hydrogen-bond donors (Lipinski definition) is 2. The van der Waals surface area contributed by atoms with E-state index in [1.807, 2.05) is 6.92 Å². The van der Waals surface area contributed by atoms with Crippen molar-refractivity contribution in [3.05, 3.63) is 27.8 Å². The summed E-state index contributed by atoms with van der Waals surface area (Å²) in [5.74, 6) is -1.56. The van der Waals surface area contributed by atoms with Gasteiger partial charge in [-0.15, -0.1) is 0 Å². The molecule has 0 aliphatic rings. The van der Waals surface area contributed by atoms with E-state index in [-0.39, 0.29) is 36.7 Å². The minimum atomic E-state index is -1.07. The van der Waals surface area contributed by atoms with Gasteiger partial charge in [0.25, 0.3) is 11.6 Å². The first-order chi connectivity index (χ1) is 12.8. The lowest BCUT2D eigenvalue weighted by Gasteiger charge is -2.17. The van der Waals surface area contributed by atoms with E-state index in [4.69, 9.17) is 19.3 Å². The van der Waals surface area contributed by atoms with Crippen molar-refractivity contribution in [3.63, 3.8) is 0 Å². The van der Waals surface area contributed by atoms with Crippen molar-refractivity contribution in [2.24, 2.45) is 0 Å². The molecule has 0 saturated carbocycles. The number of benzene rings is 1. The summed E-state index contributed by atoms with van der Waals surface area (Å²) in [6.07, 6.45) is 0.805. The van der Waals surface area contributed by atoms with Gasteiger partial charge in [0.2, 0.25) is 0 Å². The van der Waals surface area contributed by atoms with E-state index in [9.17, 15) is 19.7 Å². The van der Waals surface area contributed by atoms with Gasteiger partial charge in [-0.05, 0) is 6.42 Å². The molecule has 0 unspecified atom stereocenters. The fraction of sp³-hybridized carbons (Fsp3) is 0.529. The fourth-order valence-electron chi connectivity index (χ4n) is 2.44. The van der Waals surface area contributed by atoms with Crippen molar-refractivity contribution in [2.75, 3.05) is 27.4 Å². The maximum absolute atomic E-state index is 12.6. The Hall–Kier alpha value is -2.88. The Bertz CT molecular complexity index is 677. The summed E-state index contributed by atoms with van der Waals surface area (Å²) in [6, 6.07) is 1.68. The van der Waals surface area contributed by atoms with Gasteiger partial charge < -0.3 is 24.6 Å². The van der Waals surface area contributed by atoms with Gasteiger partial charge in [-0.3, -0.25) is 19.7 Å². The predicted molar refractivity (Wildman–Crippen MR) is 95.4 cm³/mol. The molecule has 1 atom stereocenters. The van der Waals surface area contributed by atoms with Crippen molar-refractivity contribution in [1.29, 1.82) is 0 Å². The average molecular weight is 384 g/mol. The molecule has 0 heterocycles. The Balaban J connectivity index is 3.17. The molecule has 0 radical (unpaired) electrons. The highest BCUT2D eigenvalue weighted by atomic mass is 16.6. The molecule has 10 nitrogen and oxygen atoms in total. The number of carboxylic acid groups (broad SMARTS) is 1. The number of nitro groups is 1. The lowest BCUT2D eigenvalue weighted by atomic mass is 10.1. The molecule has 1 aromatic rings. The lowest BCUT2D eigenvalue weighted by molar-refractivity contribution is -0.385. The molecule has 0 fully saturated rings. The average Bonchev–Trinajstić information content (AvgIpc) is 2.60. The second kappa shape index (κ2) is 11.0. The van der Waals surface area contributed by atoms with Crippen LogP contribution in [0.25, 0.3) is 0 Å². The number of nitrogens with zero attached hydrogens (tertiary/aromatic N) is 1. The van der Waals surface area contributed by atoms with E-state index in [1.54, 1.807) is 0 Å². The van der Waals surface area contributed by atoms with E-state index in [0.29, 0.717) is 12.8 Å². The van der Waals surface area contributed by atoms with Crippen LogP contribution in [-0.2, 0) is 9.53 Å². The third-order valence-corrected chi connectivity index (χ3v) is 3.66. The van der Waals surface area contributed by atoms with Crippen LogP contribution in [0.5, 0.6) is 11.5 Å². The SMILES string of the molecule is CCC[C@@H](CC(=O)O)NC(=O)c1cc(OC)c(OCCOC)cc1[N+](=O)[O-]. The Morgan fingerprint density at radius 2 is 1.96 bits per heavy atom. The fourth-order valence-corrected chi connectivity index (χ4v) is 2.44. The van der Waals surface area contributed by atoms with E-state index < -0.39 is 28.5 Å². The van der Waals surface area contributed by atoms with Gasteiger partial charge in [-0.25, -0.2) is 0 Å². The molecule has 0 aromatic heterocycles. The van der Waals surface area contributed by atoms with E-state index >= 15 is 0 Å². The molecule has 27 heavy (non-hydrogen) atoms. The van der Waals surface area contributed by atoms with E-state index in [2.05, 4.69) is 5.32 Å². The maximum Gasteiger partial charge on any atom is 0.305 e. The first kappa shape index (κ1) is 22.2. The largest absolute Gasteiger partial charge is 0.493 e. The molecule has 10 heteroatoms. The van der Waals surface area contributed by atoms with Gasteiger partial charge in [0.05, 0.1) is 31.1 Å². The monoisotopic (exact) mass is 384 g/mol. The maximum atomic E-state index is 12.6. The first-order valence-corrected chi connectivity index (χ1v) is 8.34. The van der Waals surface area contributed by atoms with Crippen molar-refractivity contribution in [3.8, 4) is 11.5 Å². The van der Waals surface area contributed by atoms with Crippen LogP contribution in [0.1, 0.15) is 36.5 Å². The van der Waals surface area contributed by atoms with Crippen LogP contribution in [-0.4, -0.2) is 55.4 Å². The topological polar surface area (TPSA) is 137 Å². The number of rotatable bonds is 12. The molecule has 1 aromatic carbocycles. The van der Waals surface area contributed by atoms with Gasteiger partial charge >= 0.3 is 5.97 Å². The molecule has 1 amide bonds. The van der Waals surface area contributed by atoms with Crippen molar-refractivity contribution in [1.82, 2.24) is 5.32 Å². The summed E-state index contributed by atoms with van der Waals surface area (Å²) in [6.45, 7) is 2.26. The van der Waals surface area contributed by atoms with Gasteiger partial charge in [0.1, 0.15) is 12.2 Å². The number of nitro benzene ring substituents is 1. The number of aliphatic carboxylic acids is 1. The summed E-state index contributed by atoms with van der Waals surface area (Å²) in [5, 5.41) is 22.9. The molecular formula is C17H24N2O8. The summed E-state index contributed by atoms with van der Waals surface area (Å²) in [4.78, 5) is 34.2. The highest BCUT2D eigenvalue weighted by Crippen LogP contribution is 2.34. The molecule has 1 rings (SSSR count). The highest BCUT2D eigenvalue weighted by Gasteiger charge is 2.26. The van der Waals surface area contributed by atoms with Crippen LogP contribution in [0.4, 0.5) is 5.69 Å². The summed E-state index contributed by atoms with van der Waals surface area (Å²) in [5.41, 5.74) is -0.700. The number of methoxy groups -OCH3 is 2. The second-order valence-electron chi connectivity index (χ2n) is 5.68. The number of nitrogens with one attached hydrogen (secondary N) is 1. The number of amides is 1. The lowest BCUT2D eigenvalue weighted by Crippen LogP contribution is -2.36. The van der Waals surface area contributed by atoms with Crippen LogP contribution < -0.4 is 14.8 Å². The normalized spacial score (nSPS) is 11.5. The van der Waals surface area contributed by atoms with Crippen molar-refractivity contribution >= 4 is 17.6 Å². The quantitative estimate of drug-likeness (QED) is 0.317. The molecule has 2 N–H and O–H groups in total. The standard InChI is InChI=1S/C17H24N2O8/c1-4-5-11(8-16(20)21)18-17(22)12-9-14(26-3)15(27-7-6-25-2)10-13(12)19(23)24/h9-11H,4-8H2,1-3H3,(H,18,22)(H,20,21)/t11-/m0/s1. The molecule has 150 valence electrons. The molecular weight excluding hydrogens is 360 g/mol. The Kier molecular flexibility index (Phi) is 9.00. The van der Waals surface area contributed by atoms with Crippen molar-refractivity contribution < 1.29 is 33.8 Å². The minimum absolute atomic E-state index is 0.105. The van der Waals surface area contributed by atoms with Crippen LogP contribution in [0.2, 0.25) is 0 Å². The second-order valence-corrected chi connectivity index (χ2v) is 5.68. The zero-order valence-electron chi connectivity index (χ0n) is 15.5. The first-order valence-electron chi connectivity index (χ1n) is 8.34. The van der Waals surface area contributed by atoms with Crippen LogP contribution in [0.3, 0.4) is 0 Å². The summed E-state index contributed by atoms with van der Waals surface area (Å²) < 4.78 is 15.4. The summed E-state index contributed by atoms with van der Waals surface area (Å²) in [7, 11) is 2.83. The molecule has 0 saturated heterocycles. The van der Waals surface area contributed by atoms with Gasteiger partial charge in [-0.2, -0.15) is 0 Å². The zero-order valence-corrected chi connectivity index (χ0v) is 15.5. The van der Waals surface area contributed by atoms with Crippen LogP contribution >= 0.6 is 0 Å². The smallest absolute Gasteiger partial charge is 0.305 e. The van der Waals surface area contributed by atoms with Gasteiger partial charge in [0, 0.05) is 19.2 Å². The number of ether oxygens (including phenoxy) is 3. The van der Waals surface area contributed by atoms with Crippen LogP contribution in [0.15, 0.2) is 12.1 Å². The predicted octanol–water partition coefficient (Wildman–Crippen LogP) is 2.00. The zero-order chi connectivity index (χ0) is 20.4. The Labute approximate surface area is 156 Å².